The summed E-state index contributed by atoms with van der Waals surface area (Å²) in [6.07, 6.45) is 3.78. The monoisotopic (exact) mass is 435 g/mol. The molecule has 2 N–H and O–H groups in total. The van der Waals surface area contributed by atoms with Gasteiger partial charge < -0.3 is 15.4 Å². The van der Waals surface area contributed by atoms with E-state index in [4.69, 9.17) is 10.00 Å². The third kappa shape index (κ3) is 5.05. The molecule has 1 unspecified atom stereocenters. The van der Waals surface area contributed by atoms with Gasteiger partial charge in [0.2, 0.25) is 5.88 Å². The normalized spacial score (nSPS) is 12.3. The van der Waals surface area contributed by atoms with Gasteiger partial charge in [0.25, 0.3) is 0 Å². The number of nitrogens with zero attached hydrogens (tertiary/aromatic N) is 3. The summed E-state index contributed by atoms with van der Waals surface area (Å²) in [5.41, 5.74) is 0.748. The topological polar surface area (TPSA) is 117 Å². The number of aryl methyl sites for hydroxylation is 1. The highest BCUT2D eigenvalue weighted by Crippen LogP contribution is 2.28. The van der Waals surface area contributed by atoms with E-state index in [9.17, 15) is 9.59 Å². The Morgan fingerprint density at radius 3 is 2.68 bits per heavy atom. The lowest BCUT2D eigenvalue weighted by molar-refractivity contribution is -0.137. The number of rotatable bonds is 6. The molecule has 0 saturated heterocycles. The van der Waals surface area contributed by atoms with E-state index >= 15 is 0 Å². The van der Waals surface area contributed by atoms with Gasteiger partial charge in [-0.2, -0.15) is 5.26 Å². The van der Waals surface area contributed by atoms with Crippen molar-refractivity contribution in [3.63, 3.8) is 0 Å². The minimum atomic E-state index is -0.774. The quantitative estimate of drug-likeness (QED) is 0.567. The fourth-order valence-corrected chi connectivity index (χ4v) is 3.61. The summed E-state index contributed by atoms with van der Waals surface area (Å²) in [4.78, 5) is 33.3. The van der Waals surface area contributed by atoms with E-state index in [-0.39, 0.29) is 5.88 Å². The molecule has 0 spiro atoms. The van der Waals surface area contributed by atoms with Gasteiger partial charge >= 0.3 is 11.8 Å². The summed E-state index contributed by atoms with van der Waals surface area (Å²) < 4.78 is 5.68. The van der Waals surface area contributed by atoms with Gasteiger partial charge in [0.05, 0.1) is 5.54 Å². The summed E-state index contributed by atoms with van der Waals surface area (Å²) in [6.45, 7) is 5.53. The summed E-state index contributed by atoms with van der Waals surface area (Å²) in [6, 6.07) is 10.2. The first kappa shape index (κ1) is 21.9. The molecular formula is C22H21N5O3S. The van der Waals surface area contributed by atoms with Crippen LogP contribution in [0.2, 0.25) is 0 Å². The molecule has 2 amide bonds. The van der Waals surface area contributed by atoms with Crippen molar-refractivity contribution in [2.75, 3.05) is 5.32 Å². The Morgan fingerprint density at radius 2 is 2.03 bits per heavy atom. The molecule has 1 aromatic carbocycles. The largest absolute Gasteiger partial charge is 0.438 e. The molecule has 0 aliphatic rings. The molecule has 31 heavy (non-hydrogen) atoms. The van der Waals surface area contributed by atoms with Crippen molar-refractivity contribution < 1.29 is 14.3 Å². The van der Waals surface area contributed by atoms with Gasteiger partial charge in [-0.1, -0.05) is 6.92 Å². The zero-order valence-corrected chi connectivity index (χ0v) is 18.1. The molecule has 3 aromatic rings. The fourth-order valence-electron chi connectivity index (χ4n) is 2.78. The summed E-state index contributed by atoms with van der Waals surface area (Å²) in [7, 11) is 0. The van der Waals surface area contributed by atoms with Crippen molar-refractivity contribution >= 4 is 28.8 Å². The number of benzene rings is 1. The molecule has 2 heterocycles. The summed E-state index contributed by atoms with van der Waals surface area (Å²) in [5, 5.41) is 17.1. The highest BCUT2D eigenvalue weighted by molar-refractivity contribution is 7.09. The van der Waals surface area contributed by atoms with E-state index in [1.807, 2.05) is 25.3 Å². The number of thiazole rings is 1. The van der Waals surface area contributed by atoms with E-state index in [2.05, 4.69) is 20.6 Å². The smallest absolute Gasteiger partial charge is 0.313 e. The molecule has 0 saturated carbocycles. The van der Waals surface area contributed by atoms with Crippen molar-refractivity contribution in [1.82, 2.24) is 15.3 Å². The Balaban J connectivity index is 1.69. The van der Waals surface area contributed by atoms with Crippen LogP contribution >= 0.6 is 11.3 Å². The Hall–Kier alpha value is -3.77. The first-order valence-electron chi connectivity index (χ1n) is 9.53. The number of pyridine rings is 1. The summed E-state index contributed by atoms with van der Waals surface area (Å²) in [5.74, 6) is -0.866. The lowest BCUT2D eigenvalue weighted by Crippen LogP contribution is -2.47. The molecule has 0 radical (unpaired) electrons. The van der Waals surface area contributed by atoms with Crippen LogP contribution in [-0.2, 0) is 15.1 Å². The van der Waals surface area contributed by atoms with E-state index in [1.165, 1.54) is 17.5 Å². The molecule has 0 aliphatic carbocycles. The number of carbonyl (C=O) groups is 2. The van der Waals surface area contributed by atoms with E-state index in [0.717, 1.165) is 5.01 Å². The van der Waals surface area contributed by atoms with Crippen molar-refractivity contribution in [1.29, 1.82) is 5.26 Å². The van der Waals surface area contributed by atoms with Crippen LogP contribution in [0.25, 0.3) is 0 Å². The number of hydrogen-bond donors (Lipinski definition) is 2. The van der Waals surface area contributed by atoms with Crippen LogP contribution in [0, 0.1) is 18.3 Å². The molecule has 158 valence electrons. The molecule has 3 rings (SSSR count). The number of nitriles is 1. The van der Waals surface area contributed by atoms with Crippen LogP contribution in [0.3, 0.4) is 0 Å². The number of ether oxygens (including phenoxy) is 1. The minimum absolute atomic E-state index is 0.196. The maximum absolute atomic E-state index is 12.5. The van der Waals surface area contributed by atoms with Gasteiger partial charge in [-0.15, -0.1) is 11.3 Å². The Morgan fingerprint density at radius 1 is 1.23 bits per heavy atom. The van der Waals surface area contributed by atoms with Crippen LogP contribution in [0.1, 0.15) is 36.4 Å². The van der Waals surface area contributed by atoms with E-state index in [1.54, 1.807) is 43.5 Å². The molecule has 0 aliphatic heterocycles. The highest BCUT2D eigenvalue weighted by atomic mass is 32.1. The van der Waals surface area contributed by atoms with Crippen LogP contribution in [0.4, 0.5) is 5.69 Å². The molecule has 0 bridgehead atoms. The first-order valence-corrected chi connectivity index (χ1v) is 10.4. The fraction of sp³-hybridized carbons (Fsp3) is 0.227. The van der Waals surface area contributed by atoms with Gasteiger partial charge in [-0.05, 0) is 56.2 Å². The standard InChI is InChI=1S/C22H21N5O3S/c1-4-22(3,21-25-10-11-31-21)27-19(29)18(28)26-17-8-7-16(12-14(17)2)30-20-15(13-23)6-5-9-24-20/h5-12H,4H2,1-3H3,(H,26,28)(H,27,29). The predicted octanol–water partition coefficient (Wildman–Crippen LogP) is 3.89. The maximum Gasteiger partial charge on any atom is 0.313 e. The lowest BCUT2D eigenvalue weighted by atomic mass is 10.00. The van der Waals surface area contributed by atoms with Crippen molar-refractivity contribution in [3.8, 4) is 17.7 Å². The average Bonchev–Trinajstić information content (AvgIpc) is 3.31. The van der Waals surface area contributed by atoms with E-state index in [0.29, 0.717) is 29.0 Å². The second-order valence-electron chi connectivity index (χ2n) is 6.98. The molecule has 0 fully saturated rings. The molecule has 8 nitrogen and oxygen atoms in total. The predicted molar refractivity (Wildman–Crippen MR) is 117 cm³/mol. The van der Waals surface area contributed by atoms with Gasteiger partial charge in [0, 0.05) is 23.5 Å². The highest BCUT2D eigenvalue weighted by Gasteiger charge is 2.31. The SMILES string of the molecule is CCC(C)(NC(=O)C(=O)Nc1ccc(Oc2ncccc2C#N)cc1C)c1nccs1. The third-order valence-corrected chi connectivity index (χ3v) is 5.80. The molecule has 9 heteroatoms. The molecular weight excluding hydrogens is 414 g/mol. The van der Waals surface area contributed by atoms with Gasteiger partial charge in [-0.3, -0.25) is 9.59 Å². The number of carbonyl (C=O) groups excluding carboxylic acids is 2. The third-order valence-electron chi connectivity index (χ3n) is 4.76. The summed E-state index contributed by atoms with van der Waals surface area (Å²) >= 11 is 1.42. The Labute approximate surface area is 183 Å². The number of nitrogens with one attached hydrogen (secondary N) is 2. The second-order valence-corrected chi connectivity index (χ2v) is 7.87. The van der Waals surface area contributed by atoms with Crippen molar-refractivity contribution in [2.24, 2.45) is 0 Å². The van der Waals surface area contributed by atoms with Crippen LogP contribution < -0.4 is 15.4 Å². The van der Waals surface area contributed by atoms with Gasteiger partial charge in [-0.25, -0.2) is 9.97 Å². The lowest BCUT2D eigenvalue weighted by Gasteiger charge is -2.27. The molecule has 2 aromatic heterocycles. The number of hydrogen-bond acceptors (Lipinski definition) is 7. The first-order chi connectivity index (χ1) is 14.9. The Bertz CT molecular complexity index is 1140. The van der Waals surface area contributed by atoms with Gasteiger partial charge in [0.1, 0.15) is 22.4 Å². The number of amides is 2. The van der Waals surface area contributed by atoms with Crippen LogP contribution in [0.15, 0.2) is 48.1 Å². The van der Waals surface area contributed by atoms with Crippen LogP contribution in [-0.4, -0.2) is 21.8 Å². The minimum Gasteiger partial charge on any atom is -0.438 e. The van der Waals surface area contributed by atoms with Gasteiger partial charge in [0.15, 0.2) is 0 Å². The average molecular weight is 436 g/mol. The number of anilines is 1. The zero-order valence-electron chi connectivity index (χ0n) is 17.3. The second kappa shape index (κ2) is 9.36. The van der Waals surface area contributed by atoms with Crippen molar-refractivity contribution in [3.05, 3.63) is 64.2 Å². The van der Waals surface area contributed by atoms with E-state index < -0.39 is 17.4 Å². The van der Waals surface area contributed by atoms with Crippen LogP contribution in [0.5, 0.6) is 11.6 Å². The molecule has 1 atom stereocenters. The number of aromatic nitrogens is 2. The Kier molecular flexibility index (Phi) is 6.62. The van der Waals surface area contributed by atoms with Crippen molar-refractivity contribution in [2.45, 2.75) is 32.7 Å². The zero-order chi connectivity index (χ0) is 22.4. The maximum atomic E-state index is 12.5.